The molecule has 0 atom stereocenters. The van der Waals surface area contributed by atoms with Gasteiger partial charge in [-0.3, -0.25) is 9.59 Å². The summed E-state index contributed by atoms with van der Waals surface area (Å²) in [6.07, 6.45) is 8.49. The number of amides is 2. The standard InChI is InChI=1S/C19H26N2O2/c1-3-8-18(22)20-16-11-7-12-17(14(16)2)21-19(23)13-15-9-5-4-6-10-15/h7,9,11-12H,3-6,8,10,13H2,1-2H3,(H,20,22)(H,21,23). The summed E-state index contributed by atoms with van der Waals surface area (Å²) < 4.78 is 0. The van der Waals surface area contributed by atoms with Crippen molar-refractivity contribution in [3.05, 3.63) is 35.4 Å². The smallest absolute Gasteiger partial charge is 0.228 e. The van der Waals surface area contributed by atoms with E-state index >= 15 is 0 Å². The zero-order chi connectivity index (χ0) is 16.7. The van der Waals surface area contributed by atoms with E-state index in [-0.39, 0.29) is 11.8 Å². The number of hydrogen-bond donors (Lipinski definition) is 2. The van der Waals surface area contributed by atoms with Crippen molar-refractivity contribution in [1.29, 1.82) is 0 Å². The summed E-state index contributed by atoms with van der Waals surface area (Å²) in [4.78, 5) is 24.0. The summed E-state index contributed by atoms with van der Waals surface area (Å²) in [5.74, 6) is 0.0183. The number of rotatable bonds is 6. The number of nitrogens with one attached hydrogen (secondary N) is 2. The Hall–Kier alpha value is -2.10. The Balaban J connectivity index is 2.00. The highest BCUT2D eigenvalue weighted by molar-refractivity contribution is 5.96. The second-order valence-electron chi connectivity index (χ2n) is 6.11. The molecule has 2 N–H and O–H groups in total. The van der Waals surface area contributed by atoms with Gasteiger partial charge in [-0.1, -0.05) is 24.6 Å². The number of allylic oxidation sites excluding steroid dienone is 1. The Morgan fingerprint density at radius 3 is 2.39 bits per heavy atom. The first-order chi connectivity index (χ1) is 11.1. The highest BCUT2D eigenvalue weighted by Gasteiger charge is 2.12. The fraction of sp³-hybridized carbons (Fsp3) is 0.474. The van der Waals surface area contributed by atoms with Crippen LogP contribution in [0.15, 0.2) is 29.8 Å². The van der Waals surface area contributed by atoms with E-state index in [0.717, 1.165) is 36.2 Å². The molecule has 2 amide bonds. The van der Waals surface area contributed by atoms with Crippen molar-refractivity contribution in [2.45, 2.75) is 58.8 Å². The minimum absolute atomic E-state index is 0.00596. The molecule has 0 unspecified atom stereocenters. The maximum atomic E-state index is 12.2. The molecule has 0 radical (unpaired) electrons. The van der Waals surface area contributed by atoms with Gasteiger partial charge in [0.25, 0.3) is 0 Å². The predicted molar refractivity (Wildman–Crippen MR) is 94.5 cm³/mol. The third-order valence-electron chi connectivity index (χ3n) is 4.13. The lowest BCUT2D eigenvalue weighted by Gasteiger charge is -2.15. The molecule has 1 aliphatic carbocycles. The van der Waals surface area contributed by atoms with Crippen LogP contribution in [0, 0.1) is 6.92 Å². The molecule has 0 saturated heterocycles. The van der Waals surface area contributed by atoms with E-state index in [9.17, 15) is 9.59 Å². The average molecular weight is 314 g/mol. The van der Waals surface area contributed by atoms with Crippen LogP contribution in [0.4, 0.5) is 11.4 Å². The molecular weight excluding hydrogens is 288 g/mol. The van der Waals surface area contributed by atoms with E-state index in [1.165, 1.54) is 18.4 Å². The van der Waals surface area contributed by atoms with E-state index in [1.807, 2.05) is 32.0 Å². The first-order valence-electron chi connectivity index (χ1n) is 8.47. The quantitative estimate of drug-likeness (QED) is 0.756. The van der Waals surface area contributed by atoms with Gasteiger partial charge in [-0.25, -0.2) is 0 Å². The highest BCUT2D eigenvalue weighted by Crippen LogP contribution is 2.25. The Bertz CT molecular complexity index is 605. The van der Waals surface area contributed by atoms with Gasteiger partial charge in [-0.2, -0.15) is 0 Å². The normalized spacial score (nSPS) is 14.1. The fourth-order valence-electron chi connectivity index (χ4n) is 2.81. The van der Waals surface area contributed by atoms with Gasteiger partial charge < -0.3 is 10.6 Å². The molecule has 1 aromatic rings. The van der Waals surface area contributed by atoms with Crippen molar-refractivity contribution >= 4 is 23.2 Å². The molecule has 0 aliphatic heterocycles. The van der Waals surface area contributed by atoms with Crippen molar-refractivity contribution in [1.82, 2.24) is 0 Å². The van der Waals surface area contributed by atoms with Crippen LogP contribution in [0.1, 0.15) is 57.4 Å². The minimum Gasteiger partial charge on any atom is -0.326 e. The molecule has 1 aliphatic rings. The van der Waals surface area contributed by atoms with Crippen molar-refractivity contribution in [3.63, 3.8) is 0 Å². The molecule has 0 spiro atoms. The summed E-state index contributed by atoms with van der Waals surface area (Å²) >= 11 is 0. The second kappa shape index (κ2) is 8.51. The zero-order valence-electron chi connectivity index (χ0n) is 14.1. The van der Waals surface area contributed by atoms with E-state index in [0.29, 0.717) is 12.8 Å². The van der Waals surface area contributed by atoms with Gasteiger partial charge in [0, 0.05) is 24.2 Å². The van der Waals surface area contributed by atoms with Crippen LogP contribution in [0.2, 0.25) is 0 Å². The third kappa shape index (κ3) is 5.23. The summed E-state index contributed by atoms with van der Waals surface area (Å²) in [5, 5.41) is 5.88. The summed E-state index contributed by atoms with van der Waals surface area (Å²) in [6.45, 7) is 3.89. The topological polar surface area (TPSA) is 58.2 Å². The van der Waals surface area contributed by atoms with Gasteiger partial charge in [0.2, 0.25) is 11.8 Å². The van der Waals surface area contributed by atoms with Gasteiger partial charge in [-0.05, 0) is 56.7 Å². The molecule has 1 aromatic carbocycles. The van der Waals surface area contributed by atoms with Gasteiger partial charge in [0.05, 0.1) is 0 Å². The molecule has 4 heteroatoms. The average Bonchev–Trinajstić information content (AvgIpc) is 2.52. The monoisotopic (exact) mass is 314 g/mol. The maximum Gasteiger partial charge on any atom is 0.228 e. The third-order valence-corrected chi connectivity index (χ3v) is 4.13. The molecule has 0 heterocycles. The lowest BCUT2D eigenvalue weighted by Crippen LogP contribution is -2.16. The van der Waals surface area contributed by atoms with Gasteiger partial charge in [-0.15, -0.1) is 0 Å². The van der Waals surface area contributed by atoms with Gasteiger partial charge >= 0.3 is 0 Å². The van der Waals surface area contributed by atoms with Crippen molar-refractivity contribution < 1.29 is 9.59 Å². The molecule has 23 heavy (non-hydrogen) atoms. The second-order valence-corrected chi connectivity index (χ2v) is 6.11. The molecule has 124 valence electrons. The number of hydrogen-bond acceptors (Lipinski definition) is 2. The number of benzene rings is 1. The SMILES string of the molecule is CCCC(=O)Nc1cccc(NC(=O)CC2=CCCCC2)c1C. The molecule has 0 bridgehead atoms. The van der Waals surface area contributed by atoms with Crippen LogP contribution < -0.4 is 10.6 Å². The molecule has 2 rings (SSSR count). The Labute approximate surface area is 138 Å². The van der Waals surface area contributed by atoms with Crippen LogP contribution in [-0.4, -0.2) is 11.8 Å². The molecule has 0 fully saturated rings. The molecule has 4 nitrogen and oxygen atoms in total. The van der Waals surface area contributed by atoms with Crippen molar-refractivity contribution in [2.75, 3.05) is 10.6 Å². The Morgan fingerprint density at radius 1 is 1.09 bits per heavy atom. The molecule has 0 aromatic heterocycles. The molecule has 0 saturated carbocycles. The summed E-state index contributed by atoms with van der Waals surface area (Å²) in [6, 6.07) is 5.59. The summed E-state index contributed by atoms with van der Waals surface area (Å²) in [5.41, 5.74) is 3.65. The van der Waals surface area contributed by atoms with Gasteiger partial charge in [0.15, 0.2) is 0 Å². The number of anilines is 2. The van der Waals surface area contributed by atoms with E-state index < -0.39 is 0 Å². The first-order valence-corrected chi connectivity index (χ1v) is 8.47. The van der Waals surface area contributed by atoms with Crippen molar-refractivity contribution in [3.8, 4) is 0 Å². The minimum atomic E-state index is 0.00596. The fourth-order valence-corrected chi connectivity index (χ4v) is 2.81. The maximum absolute atomic E-state index is 12.2. The highest BCUT2D eigenvalue weighted by atomic mass is 16.2. The number of carbonyl (C=O) groups is 2. The van der Waals surface area contributed by atoms with E-state index in [1.54, 1.807) is 0 Å². The summed E-state index contributed by atoms with van der Waals surface area (Å²) in [7, 11) is 0. The Kier molecular flexibility index (Phi) is 6.39. The Morgan fingerprint density at radius 2 is 1.78 bits per heavy atom. The van der Waals surface area contributed by atoms with Crippen LogP contribution in [0.5, 0.6) is 0 Å². The number of carbonyl (C=O) groups excluding carboxylic acids is 2. The molecular formula is C19H26N2O2. The van der Waals surface area contributed by atoms with Crippen LogP contribution in [0.25, 0.3) is 0 Å². The first kappa shape index (κ1) is 17.3. The van der Waals surface area contributed by atoms with Crippen LogP contribution in [0.3, 0.4) is 0 Å². The van der Waals surface area contributed by atoms with Crippen LogP contribution in [-0.2, 0) is 9.59 Å². The van der Waals surface area contributed by atoms with E-state index in [4.69, 9.17) is 0 Å². The van der Waals surface area contributed by atoms with Gasteiger partial charge in [0.1, 0.15) is 0 Å². The zero-order valence-corrected chi connectivity index (χ0v) is 14.1. The van der Waals surface area contributed by atoms with Crippen molar-refractivity contribution in [2.24, 2.45) is 0 Å². The largest absolute Gasteiger partial charge is 0.326 e. The lowest BCUT2D eigenvalue weighted by molar-refractivity contribution is -0.116. The van der Waals surface area contributed by atoms with Crippen LogP contribution >= 0.6 is 0 Å². The lowest BCUT2D eigenvalue weighted by atomic mass is 9.97. The predicted octanol–water partition coefficient (Wildman–Crippen LogP) is 4.56. The van der Waals surface area contributed by atoms with E-state index in [2.05, 4.69) is 16.7 Å².